The molecule has 0 saturated carbocycles. The Morgan fingerprint density at radius 2 is 1.91 bits per heavy atom. The van der Waals surface area contributed by atoms with Gasteiger partial charge in [-0.25, -0.2) is 9.69 Å². The van der Waals surface area contributed by atoms with E-state index in [1.807, 2.05) is 0 Å². The molecule has 0 aliphatic carbocycles. The molecule has 1 aromatic rings. The van der Waals surface area contributed by atoms with Gasteiger partial charge in [-0.2, -0.15) is 18.4 Å². The van der Waals surface area contributed by atoms with Crippen molar-refractivity contribution in [3.8, 4) is 6.07 Å². The van der Waals surface area contributed by atoms with Crippen molar-refractivity contribution in [2.24, 2.45) is 11.8 Å². The van der Waals surface area contributed by atoms with Gasteiger partial charge >= 0.3 is 12.3 Å². The minimum atomic E-state index is -4.84. The SMILES string of the molecule is CC(C)OC(=O)NC1CC2(C)OC1(C)C1C(=O)N(c3ccc(C#N)c(C(F)(F)F)c3)C(=O)C12. The van der Waals surface area contributed by atoms with Crippen molar-refractivity contribution in [1.82, 2.24) is 5.32 Å². The number of hydrogen-bond acceptors (Lipinski definition) is 6. The number of amides is 3. The quantitative estimate of drug-likeness (QED) is 0.687. The zero-order valence-electron chi connectivity index (χ0n) is 18.3. The fourth-order valence-electron chi connectivity index (χ4n) is 5.40. The predicted octanol–water partition coefficient (Wildman–Crippen LogP) is 3.14. The minimum Gasteiger partial charge on any atom is -0.447 e. The zero-order valence-corrected chi connectivity index (χ0v) is 18.3. The van der Waals surface area contributed by atoms with Crippen LogP contribution in [0.4, 0.5) is 23.7 Å². The second-order valence-electron chi connectivity index (χ2n) is 9.26. The maximum atomic E-state index is 13.4. The highest BCUT2D eigenvalue weighted by Gasteiger charge is 2.76. The number of nitriles is 1. The topological polar surface area (TPSA) is 109 Å². The normalized spacial score (nSPS) is 32.8. The molecule has 3 saturated heterocycles. The molecule has 2 bridgehead atoms. The van der Waals surface area contributed by atoms with E-state index in [4.69, 9.17) is 14.7 Å². The van der Waals surface area contributed by atoms with Gasteiger partial charge in [0.15, 0.2) is 0 Å². The lowest BCUT2D eigenvalue weighted by atomic mass is 9.66. The van der Waals surface area contributed by atoms with E-state index in [-0.39, 0.29) is 18.2 Å². The van der Waals surface area contributed by atoms with Crippen molar-refractivity contribution in [2.45, 2.75) is 63.6 Å². The van der Waals surface area contributed by atoms with Crippen LogP contribution in [0.1, 0.15) is 45.2 Å². The average molecular weight is 465 g/mol. The van der Waals surface area contributed by atoms with Crippen LogP contribution in [0, 0.1) is 23.2 Å². The van der Waals surface area contributed by atoms with E-state index in [1.165, 1.54) is 6.07 Å². The second kappa shape index (κ2) is 7.18. The summed E-state index contributed by atoms with van der Waals surface area (Å²) < 4.78 is 51.5. The molecule has 3 heterocycles. The van der Waals surface area contributed by atoms with Crippen molar-refractivity contribution in [2.75, 3.05) is 4.90 Å². The number of halogens is 3. The van der Waals surface area contributed by atoms with Crippen molar-refractivity contribution in [3.63, 3.8) is 0 Å². The minimum absolute atomic E-state index is 0.228. The lowest BCUT2D eigenvalue weighted by Gasteiger charge is -2.35. The molecule has 1 N–H and O–H groups in total. The Balaban J connectivity index is 1.70. The summed E-state index contributed by atoms with van der Waals surface area (Å²) in [6.07, 6.45) is -5.67. The third kappa shape index (κ3) is 3.35. The van der Waals surface area contributed by atoms with Crippen LogP contribution in [0.5, 0.6) is 0 Å². The smallest absolute Gasteiger partial charge is 0.417 e. The number of nitrogens with one attached hydrogen (secondary N) is 1. The van der Waals surface area contributed by atoms with Gasteiger partial charge in [0, 0.05) is 6.42 Å². The van der Waals surface area contributed by atoms with Crippen LogP contribution in [-0.4, -0.2) is 41.3 Å². The first-order chi connectivity index (χ1) is 15.2. The number of alkyl carbamates (subject to hydrolysis) is 1. The first-order valence-corrected chi connectivity index (χ1v) is 10.4. The van der Waals surface area contributed by atoms with Crippen molar-refractivity contribution in [3.05, 3.63) is 29.3 Å². The second-order valence-corrected chi connectivity index (χ2v) is 9.26. The Hall–Kier alpha value is -3.13. The van der Waals surface area contributed by atoms with E-state index < -0.39 is 64.3 Å². The first-order valence-electron chi connectivity index (χ1n) is 10.4. The third-order valence-corrected chi connectivity index (χ3v) is 6.66. The Morgan fingerprint density at radius 3 is 2.48 bits per heavy atom. The van der Waals surface area contributed by atoms with Crippen molar-refractivity contribution >= 4 is 23.6 Å². The highest BCUT2D eigenvalue weighted by Crippen LogP contribution is 2.61. The van der Waals surface area contributed by atoms with Gasteiger partial charge in [-0.1, -0.05) is 0 Å². The van der Waals surface area contributed by atoms with Gasteiger partial charge in [0.2, 0.25) is 11.8 Å². The molecule has 0 aromatic heterocycles. The van der Waals surface area contributed by atoms with Gasteiger partial charge in [0.05, 0.1) is 58.1 Å². The molecule has 8 nitrogen and oxygen atoms in total. The van der Waals surface area contributed by atoms with E-state index in [1.54, 1.807) is 27.7 Å². The molecule has 4 rings (SSSR count). The van der Waals surface area contributed by atoms with Gasteiger partial charge in [-0.3, -0.25) is 9.59 Å². The van der Waals surface area contributed by atoms with Gasteiger partial charge in [0.1, 0.15) is 0 Å². The Kier molecular flexibility index (Phi) is 5.02. The molecule has 176 valence electrons. The van der Waals surface area contributed by atoms with Crippen LogP contribution in [-0.2, 0) is 25.2 Å². The van der Waals surface area contributed by atoms with E-state index >= 15 is 0 Å². The fourth-order valence-corrected chi connectivity index (χ4v) is 5.40. The van der Waals surface area contributed by atoms with Crippen LogP contribution in [0.25, 0.3) is 0 Å². The molecule has 3 fully saturated rings. The molecule has 11 heteroatoms. The molecule has 1 aromatic carbocycles. The van der Waals surface area contributed by atoms with Gasteiger partial charge < -0.3 is 14.8 Å². The number of imide groups is 1. The molecular weight excluding hydrogens is 443 g/mol. The number of hydrogen-bond donors (Lipinski definition) is 1. The maximum absolute atomic E-state index is 13.4. The summed E-state index contributed by atoms with van der Waals surface area (Å²) in [4.78, 5) is 39.6. The summed E-state index contributed by atoms with van der Waals surface area (Å²) >= 11 is 0. The van der Waals surface area contributed by atoms with E-state index in [0.717, 1.165) is 17.0 Å². The lowest BCUT2D eigenvalue weighted by Crippen LogP contribution is -2.56. The van der Waals surface area contributed by atoms with Gasteiger partial charge in [-0.15, -0.1) is 0 Å². The maximum Gasteiger partial charge on any atom is 0.417 e. The number of ether oxygens (including phenoxy) is 2. The molecule has 0 radical (unpaired) electrons. The van der Waals surface area contributed by atoms with Crippen LogP contribution in [0.3, 0.4) is 0 Å². The summed E-state index contributed by atoms with van der Waals surface area (Å²) in [5.74, 6) is -3.30. The number of rotatable bonds is 3. The summed E-state index contributed by atoms with van der Waals surface area (Å²) in [5.41, 5.74) is -4.46. The standard InChI is InChI=1S/C22H22F3N3O5/c1-10(2)32-19(31)27-14-8-20(3)15-16(21(14,4)33-20)18(30)28(17(15)29)12-6-5-11(9-26)13(7-12)22(23,24)25/h5-7,10,14-16H,8H2,1-4H3,(H,27,31). The molecule has 3 aliphatic rings. The lowest BCUT2D eigenvalue weighted by molar-refractivity contribution is -0.138. The molecule has 3 aliphatic heterocycles. The Labute approximate surface area is 187 Å². The fraction of sp³-hybridized carbons (Fsp3) is 0.545. The van der Waals surface area contributed by atoms with Crippen molar-refractivity contribution in [1.29, 1.82) is 5.26 Å². The number of anilines is 1. The van der Waals surface area contributed by atoms with Gasteiger partial charge in [-0.05, 0) is 45.9 Å². The summed E-state index contributed by atoms with van der Waals surface area (Å²) in [5, 5.41) is 11.7. The third-order valence-electron chi connectivity index (χ3n) is 6.66. The molecule has 5 atom stereocenters. The zero-order chi connectivity index (χ0) is 24.5. The summed E-state index contributed by atoms with van der Waals surface area (Å²) in [7, 11) is 0. The molecule has 3 amide bonds. The molecule has 5 unspecified atom stereocenters. The number of nitrogens with zero attached hydrogens (tertiary/aromatic N) is 2. The van der Waals surface area contributed by atoms with E-state index in [0.29, 0.717) is 6.07 Å². The van der Waals surface area contributed by atoms with Crippen LogP contribution >= 0.6 is 0 Å². The largest absolute Gasteiger partial charge is 0.447 e. The summed E-state index contributed by atoms with van der Waals surface area (Å²) in [6, 6.07) is 3.56. The first kappa shape index (κ1) is 23.0. The number of carbonyl (C=O) groups excluding carboxylic acids is 3. The van der Waals surface area contributed by atoms with Gasteiger partial charge in [0.25, 0.3) is 0 Å². The summed E-state index contributed by atoms with van der Waals surface area (Å²) in [6.45, 7) is 6.62. The molecular formula is C22H22F3N3O5. The Morgan fingerprint density at radius 1 is 1.27 bits per heavy atom. The van der Waals surface area contributed by atoms with E-state index in [9.17, 15) is 27.6 Å². The van der Waals surface area contributed by atoms with E-state index in [2.05, 4.69) is 5.32 Å². The highest BCUT2D eigenvalue weighted by atomic mass is 19.4. The number of carbonyl (C=O) groups is 3. The number of fused-ring (bicyclic) bond motifs is 5. The van der Waals surface area contributed by atoms with Crippen LogP contribution in [0.2, 0.25) is 0 Å². The number of benzene rings is 1. The predicted molar refractivity (Wildman–Crippen MR) is 107 cm³/mol. The highest BCUT2D eigenvalue weighted by molar-refractivity contribution is 6.23. The van der Waals surface area contributed by atoms with Crippen LogP contribution < -0.4 is 10.2 Å². The Bertz CT molecular complexity index is 1100. The van der Waals surface area contributed by atoms with Crippen LogP contribution in [0.15, 0.2) is 18.2 Å². The molecule has 0 spiro atoms. The average Bonchev–Trinajstić information content (AvgIpc) is 3.21. The molecule has 33 heavy (non-hydrogen) atoms. The monoisotopic (exact) mass is 465 g/mol. The van der Waals surface area contributed by atoms with Crippen molar-refractivity contribution < 1.29 is 37.0 Å². The number of alkyl halides is 3.